The normalized spacial score (nSPS) is 17.4. The molecule has 2 atom stereocenters. The summed E-state index contributed by atoms with van der Waals surface area (Å²) in [6, 6.07) is 24.3. The predicted octanol–water partition coefficient (Wildman–Crippen LogP) is 9.50. The fraction of sp³-hybridized carbons (Fsp3) is 0.286. The lowest BCUT2D eigenvalue weighted by molar-refractivity contribution is -0.274. The van der Waals surface area contributed by atoms with Crippen LogP contribution in [0.1, 0.15) is 50.5 Å². The third kappa shape index (κ3) is 8.68. The minimum Gasteiger partial charge on any atom is -0.406 e. The number of hydrogen-bond acceptors (Lipinski definition) is 3. The van der Waals surface area contributed by atoms with Crippen LogP contribution < -0.4 is 4.74 Å². The van der Waals surface area contributed by atoms with Crippen LogP contribution in [-0.4, -0.2) is 36.4 Å². The van der Waals surface area contributed by atoms with Gasteiger partial charge < -0.3 is 14.4 Å². The molecule has 0 saturated carbocycles. The number of carbonyl (C=O) groups excluding carboxylic acids is 1. The minimum absolute atomic E-state index is 0.0325. The monoisotopic (exact) mass is 681 g/mol. The number of amides is 1. The summed E-state index contributed by atoms with van der Waals surface area (Å²) in [7, 11) is 0. The third-order valence-corrected chi connectivity index (χ3v) is 8.06. The van der Waals surface area contributed by atoms with E-state index >= 15 is 0 Å². The van der Waals surface area contributed by atoms with Crippen LogP contribution in [0.2, 0.25) is 0 Å². The van der Waals surface area contributed by atoms with Crippen LogP contribution in [0.25, 0.3) is 0 Å². The van der Waals surface area contributed by atoms with Gasteiger partial charge in [0.15, 0.2) is 0 Å². The molecule has 0 spiro atoms. The van der Waals surface area contributed by atoms with Crippen LogP contribution in [0.5, 0.6) is 5.75 Å². The highest BCUT2D eigenvalue weighted by molar-refractivity contribution is 5.94. The molecule has 0 aliphatic carbocycles. The molecule has 0 radical (unpaired) electrons. The van der Waals surface area contributed by atoms with Crippen molar-refractivity contribution < 1.29 is 53.8 Å². The lowest BCUT2D eigenvalue weighted by Crippen LogP contribution is -2.49. The van der Waals surface area contributed by atoms with Crippen LogP contribution in [0.4, 0.5) is 39.5 Å². The van der Waals surface area contributed by atoms with Gasteiger partial charge in [0.2, 0.25) is 0 Å². The van der Waals surface area contributed by atoms with Crippen molar-refractivity contribution in [1.82, 2.24) is 4.90 Å². The number of rotatable bonds is 8. The fourth-order valence-electron chi connectivity index (χ4n) is 5.98. The van der Waals surface area contributed by atoms with Crippen molar-refractivity contribution in [2.24, 2.45) is 5.92 Å². The molecule has 4 nitrogen and oxygen atoms in total. The number of benzene rings is 4. The first-order valence-corrected chi connectivity index (χ1v) is 14.7. The van der Waals surface area contributed by atoms with Gasteiger partial charge in [0.25, 0.3) is 5.91 Å². The van der Waals surface area contributed by atoms with Crippen LogP contribution in [0, 0.1) is 5.92 Å². The number of hydrogen-bond donors (Lipinski definition) is 0. The van der Waals surface area contributed by atoms with Crippen LogP contribution in [0.3, 0.4) is 0 Å². The Hall–Kier alpha value is -4.52. The average molecular weight is 682 g/mol. The second-order valence-corrected chi connectivity index (χ2v) is 11.3. The van der Waals surface area contributed by atoms with E-state index in [-0.39, 0.29) is 32.2 Å². The van der Waals surface area contributed by atoms with E-state index in [1.165, 1.54) is 17.0 Å². The Morgan fingerprint density at radius 2 is 1.29 bits per heavy atom. The van der Waals surface area contributed by atoms with Gasteiger partial charge in [0, 0.05) is 30.5 Å². The molecule has 254 valence electrons. The Bertz CT molecular complexity index is 1620. The summed E-state index contributed by atoms with van der Waals surface area (Å²) in [5.74, 6) is -2.46. The molecule has 0 bridgehead atoms. The first-order chi connectivity index (χ1) is 22.6. The molecule has 0 N–H and O–H groups in total. The highest BCUT2D eigenvalue weighted by Crippen LogP contribution is 2.41. The van der Waals surface area contributed by atoms with E-state index in [1.807, 2.05) is 24.3 Å². The Kier molecular flexibility index (Phi) is 10.1. The maximum absolute atomic E-state index is 13.7. The van der Waals surface area contributed by atoms with Crippen molar-refractivity contribution in [2.75, 3.05) is 13.1 Å². The smallest absolute Gasteiger partial charge is 0.406 e. The molecule has 4 aromatic carbocycles. The van der Waals surface area contributed by atoms with E-state index in [1.54, 1.807) is 42.5 Å². The second kappa shape index (κ2) is 13.9. The Morgan fingerprint density at radius 3 is 1.81 bits per heavy atom. The standard InChI is InChI=1S/C35H28F9NO3/c36-33(37,38)26-17-25(18-27(19-26)34(39,40)41)32(46)45-15-14-30(47-21-22-8-7-13-28(16-22)48-35(42,43)44)29(20-45)31(23-9-3-1-4-10-23)24-11-5-2-6-12-24/h1-13,16-19,29-31H,14-15,20-21H2. The van der Waals surface area contributed by atoms with Crippen molar-refractivity contribution >= 4 is 5.91 Å². The molecule has 1 aliphatic rings. The van der Waals surface area contributed by atoms with Crippen molar-refractivity contribution in [3.05, 3.63) is 137 Å². The number of carbonyl (C=O) groups is 1. The largest absolute Gasteiger partial charge is 0.573 e. The quantitative estimate of drug-likeness (QED) is 0.174. The lowest BCUT2D eigenvalue weighted by atomic mass is 9.75. The van der Waals surface area contributed by atoms with Gasteiger partial charge in [-0.05, 0) is 53.4 Å². The second-order valence-electron chi connectivity index (χ2n) is 11.3. The highest BCUT2D eigenvalue weighted by Gasteiger charge is 2.41. The average Bonchev–Trinajstić information content (AvgIpc) is 3.03. The predicted molar refractivity (Wildman–Crippen MR) is 157 cm³/mol. The van der Waals surface area contributed by atoms with Gasteiger partial charge in [-0.2, -0.15) is 26.3 Å². The number of nitrogens with zero attached hydrogens (tertiary/aromatic N) is 1. The van der Waals surface area contributed by atoms with Gasteiger partial charge in [-0.25, -0.2) is 0 Å². The van der Waals surface area contributed by atoms with E-state index < -0.39 is 65.0 Å². The van der Waals surface area contributed by atoms with Crippen molar-refractivity contribution in [2.45, 2.75) is 43.8 Å². The maximum Gasteiger partial charge on any atom is 0.573 e. The third-order valence-electron chi connectivity index (χ3n) is 8.06. The molecule has 1 fully saturated rings. The van der Waals surface area contributed by atoms with E-state index in [0.29, 0.717) is 17.7 Å². The Morgan fingerprint density at radius 1 is 0.729 bits per heavy atom. The van der Waals surface area contributed by atoms with E-state index in [4.69, 9.17) is 4.74 Å². The zero-order chi connectivity index (χ0) is 34.7. The molecule has 1 heterocycles. The van der Waals surface area contributed by atoms with Crippen molar-refractivity contribution in [3.63, 3.8) is 0 Å². The lowest BCUT2D eigenvalue weighted by Gasteiger charge is -2.42. The van der Waals surface area contributed by atoms with Gasteiger partial charge in [0.05, 0.1) is 23.8 Å². The highest BCUT2D eigenvalue weighted by atomic mass is 19.4. The minimum atomic E-state index is -5.13. The zero-order valence-corrected chi connectivity index (χ0v) is 24.9. The number of halogens is 9. The van der Waals surface area contributed by atoms with E-state index in [9.17, 15) is 44.3 Å². The molecule has 48 heavy (non-hydrogen) atoms. The van der Waals surface area contributed by atoms with Crippen LogP contribution in [0.15, 0.2) is 103 Å². The number of piperidine rings is 1. The van der Waals surface area contributed by atoms with Crippen molar-refractivity contribution in [3.8, 4) is 5.75 Å². The molecular weight excluding hydrogens is 653 g/mol. The van der Waals surface area contributed by atoms with Crippen molar-refractivity contribution in [1.29, 1.82) is 0 Å². The molecule has 4 aromatic rings. The molecule has 13 heteroatoms. The van der Waals surface area contributed by atoms with Crippen LogP contribution in [-0.2, 0) is 23.7 Å². The van der Waals surface area contributed by atoms with Gasteiger partial charge >= 0.3 is 18.7 Å². The number of alkyl halides is 9. The molecule has 2 unspecified atom stereocenters. The molecule has 1 amide bonds. The zero-order valence-electron chi connectivity index (χ0n) is 24.9. The Balaban J connectivity index is 1.50. The SMILES string of the molecule is O=C(c1cc(C(F)(F)F)cc(C(F)(F)F)c1)N1CCC(OCc2cccc(OC(F)(F)F)c2)C(C(c2ccccc2)c2ccccc2)C1. The summed E-state index contributed by atoms with van der Waals surface area (Å²) in [5.41, 5.74) is -1.95. The van der Waals surface area contributed by atoms with E-state index in [2.05, 4.69) is 4.74 Å². The molecule has 5 rings (SSSR count). The summed E-state index contributed by atoms with van der Waals surface area (Å²) in [5, 5.41) is 0. The maximum atomic E-state index is 13.7. The summed E-state index contributed by atoms with van der Waals surface area (Å²) in [4.78, 5) is 14.9. The van der Waals surface area contributed by atoms with Gasteiger partial charge in [-0.15, -0.1) is 13.2 Å². The molecule has 0 aromatic heterocycles. The van der Waals surface area contributed by atoms with Gasteiger partial charge in [0.1, 0.15) is 5.75 Å². The molecule has 1 aliphatic heterocycles. The molecule has 1 saturated heterocycles. The van der Waals surface area contributed by atoms with Gasteiger partial charge in [-0.3, -0.25) is 4.79 Å². The van der Waals surface area contributed by atoms with Crippen LogP contribution >= 0.6 is 0 Å². The summed E-state index contributed by atoms with van der Waals surface area (Å²) >= 11 is 0. The summed E-state index contributed by atoms with van der Waals surface area (Å²) < 4.78 is 130. The van der Waals surface area contributed by atoms with E-state index in [0.717, 1.165) is 17.2 Å². The number of likely N-dealkylation sites (tertiary alicyclic amines) is 1. The Labute approximate surface area is 269 Å². The topological polar surface area (TPSA) is 38.8 Å². The first-order valence-electron chi connectivity index (χ1n) is 14.7. The first kappa shape index (κ1) is 34.8. The summed E-state index contributed by atoms with van der Waals surface area (Å²) in [6.45, 7) is -0.305. The van der Waals surface area contributed by atoms with Gasteiger partial charge in [-0.1, -0.05) is 72.8 Å². The fourth-order valence-corrected chi connectivity index (χ4v) is 5.98. The summed E-state index contributed by atoms with van der Waals surface area (Å²) in [6.07, 6.45) is -15.7. The molecular formula is C35H28F9NO3. The number of ether oxygens (including phenoxy) is 2.